The normalized spacial score (nSPS) is 14.2. The summed E-state index contributed by atoms with van der Waals surface area (Å²) in [4.78, 5) is 25.5. The molecule has 0 N–H and O–H groups in total. The second kappa shape index (κ2) is 6.64. The largest absolute Gasteiger partial charge is 0.352 e. The molecular formula is C19H18N4OS. The van der Waals surface area contributed by atoms with Gasteiger partial charge in [0.25, 0.3) is 5.91 Å². The highest BCUT2D eigenvalue weighted by Crippen LogP contribution is 2.25. The monoisotopic (exact) mass is 350 g/mol. The summed E-state index contributed by atoms with van der Waals surface area (Å²) in [5.74, 6) is 0.934. The quantitative estimate of drug-likeness (QED) is 0.725. The SMILES string of the molecule is CN(C(=O)c1csc(-c2ccccc2)n1)C1CN(c2ccccn2)C1. The number of benzene rings is 1. The third kappa shape index (κ3) is 3.13. The third-order valence-corrected chi connectivity index (χ3v) is 5.34. The summed E-state index contributed by atoms with van der Waals surface area (Å²) in [5, 5.41) is 2.72. The van der Waals surface area contributed by atoms with Crippen LogP contribution in [0.4, 0.5) is 5.82 Å². The first kappa shape index (κ1) is 15.8. The molecule has 1 aromatic carbocycles. The van der Waals surface area contributed by atoms with E-state index in [2.05, 4.69) is 14.9 Å². The Labute approximate surface area is 150 Å². The van der Waals surface area contributed by atoms with Gasteiger partial charge in [0.05, 0.1) is 6.04 Å². The Morgan fingerprint density at radius 3 is 2.64 bits per heavy atom. The second-order valence-corrected chi connectivity index (χ2v) is 6.92. The molecule has 6 heteroatoms. The Morgan fingerprint density at radius 1 is 1.16 bits per heavy atom. The lowest BCUT2D eigenvalue weighted by atomic mass is 10.1. The summed E-state index contributed by atoms with van der Waals surface area (Å²) in [6.07, 6.45) is 1.79. The van der Waals surface area contributed by atoms with Crippen LogP contribution < -0.4 is 4.90 Å². The van der Waals surface area contributed by atoms with Gasteiger partial charge in [-0.3, -0.25) is 4.79 Å². The number of hydrogen-bond donors (Lipinski definition) is 0. The Bertz CT molecular complexity index is 859. The average Bonchev–Trinajstić information content (AvgIpc) is 3.11. The first-order valence-electron chi connectivity index (χ1n) is 8.16. The standard InChI is InChI=1S/C19H18N4OS/c1-22(15-11-23(12-15)17-9-5-6-10-20-17)19(24)16-13-25-18(21-16)14-7-3-2-4-8-14/h2-10,13,15H,11-12H2,1H3. The minimum absolute atomic E-state index is 0.0240. The van der Waals surface area contributed by atoms with Crippen LogP contribution in [0.5, 0.6) is 0 Å². The van der Waals surface area contributed by atoms with E-state index >= 15 is 0 Å². The lowest BCUT2D eigenvalue weighted by Crippen LogP contribution is -2.60. The van der Waals surface area contributed by atoms with Crippen molar-refractivity contribution in [1.29, 1.82) is 0 Å². The van der Waals surface area contributed by atoms with Gasteiger partial charge in [-0.1, -0.05) is 36.4 Å². The summed E-state index contributed by atoms with van der Waals surface area (Å²) in [6, 6.07) is 16.0. The van der Waals surface area contributed by atoms with Gasteiger partial charge >= 0.3 is 0 Å². The number of rotatable bonds is 4. The van der Waals surface area contributed by atoms with E-state index in [4.69, 9.17) is 0 Å². The van der Waals surface area contributed by atoms with Crippen LogP contribution in [-0.4, -0.2) is 47.0 Å². The first-order chi connectivity index (χ1) is 12.2. The van der Waals surface area contributed by atoms with Crippen LogP contribution in [0.25, 0.3) is 10.6 Å². The van der Waals surface area contributed by atoms with Gasteiger partial charge in [0.2, 0.25) is 0 Å². The van der Waals surface area contributed by atoms with Crippen molar-refractivity contribution in [2.24, 2.45) is 0 Å². The molecule has 25 heavy (non-hydrogen) atoms. The van der Waals surface area contributed by atoms with Gasteiger partial charge in [-0.05, 0) is 12.1 Å². The molecule has 5 nitrogen and oxygen atoms in total. The van der Waals surface area contributed by atoms with Crippen LogP contribution in [-0.2, 0) is 0 Å². The molecule has 1 saturated heterocycles. The number of likely N-dealkylation sites (N-methyl/N-ethyl adjacent to an activating group) is 1. The van der Waals surface area contributed by atoms with Crippen LogP contribution in [0.1, 0.15) is 10.5 Å². The fraction of sp³-hybridized carbons (Fsp3) is 0.211. The highest BCUT2D eigenvalue weighted by molar-refractivity contribution is 7.13. The summed E-state index contributed by atoms with van der Waals surface area (Å²) in [7, 11) is 1.85. The Hall–Kier alpha value is -2.73. The maximum Gasteiger partial charge on any atom is 0.273 e. The van der Waals surface area contributed by atoms with Crippen LogP contribution in [0.3, 0.4) is 0 Å². The predicted octanol–water partition coefficient (Wildman–Crippen LogP) is 3.17. The lowest BCUT2D eigenvalue weighted by molar-refractivity contribution is 0.0700. The van der Waals surface area contributed by atoms with Crippen molar-refractivity contribution in [2.45, 2.75) is 6.04 Å². The number of aromatic nitrogens is 2. The van der Waals surface area contributed by atoms with Crippen molar-refractivity contribution in [1.82, 2.24) is 14.9 Å². The van der Waals surface area contributed by atoms with E-state index in [1.807, 2.05) is 61.0 Å². The summed E-state index contributed by atoms with van der Waals surface area (Å²) in [5.41, 5.74) is 1.56. The third-order valence-electron chi connectivity index (χ3n) is 4.45. The Balaban J connectivity index is 1.41. The van der Waals surface area contributed by atoms with E-state index in [9.17, 15) is 4.79 Å². The zero-order valence-corrected chi connectivity index (χ0v) is 14.7. The van der Waals surface area contributed by atoms with Crippen molar-refractivity contribution in [3.8, 4) is 10.6 Å². The molecule has 3 heterocycles. The minimum atomic E-state index is -0.0240. The highest BCUT2D eigenvalue weighted by atomic mass is 32.1. The van der Waals surface area contributed by atoms with Crippen LogP contribution in [0.2, 0.25) is 0 Å². The highest BCUT2D eigenvalue weighted by Gasteiger charge is 2.34. The predicted molar refractivity (Wildman–Crippen MR) is 99.9 cm³/mol. The minimum Gasteiger partial charge on any atom is -0.352 e. The van der Waals surface area contributed by atoms with E-state index in [1.165, 1.54) is 11.3 Å². The Kier molecular flexibility index (Phi) is 4.19. The van der Waals surface area contributed by atoms with Crippen LogP contribution in [0.15, 0.2) is 60.1 Å². The lowest BCUT2D eigenvalue weighted by Gasteiger charge is -2.44. The van der Waals surface area contributed by atoms with Gasteiger partial charge < -0.3 is 9.80 Å². The Morgan fingerprint density at radius 2 is 1.92 bits per heavy atom. The second-order valence-electron chi connectivity index (χ2n) is 6.07. The number of nitrogens with zero attached hydrogens (tertiary/aromatic N) is 4. The van der Waals surface area contributed by atoms with Crippen LogP contribution in [0, 0.1) is 0 Å². The van der Waals surface area contributed by atoms with Gasteiger partial charge in [-0.25, -0.2) is 9.97 Å². The molecule has 0 spiro atoms. The maximum atomic E-state index is 12.7. The molecule has 1 aliphatic heterocycles. The zero-order chi connectivity index (χ0) is 17.2. The van der Waals surface area contributed by atoms with E-state index in [1.54, 1.807) is 11.1 Å². The molecular weight excluding hydrogens is 332 g/mol. The first-order valence-corrected chi connectivity index (χ1v) is 9.04. The number of carbonyl (C=O) groups is 1. The molecule has 1 aliphatic rings. The number of carbonyl (C=O) groups excluding carboxylic acids is 1. The molecule has 0 aliphatic carbocycles. The topological polar surface area (TPSA) is 49.3 Å². The van der Waals surface area contributed by atoms with E-state index in [0.717, 1.165) is 29.5 Å². The summed E-state index contributed by atoms with van der Waals surface area (Å²) in [6.45, 7) is 1.60. The van der Waals surface area contributed by atoms with E-state index in [0.29, 0.717) is 5.69 Å². The van der Waals surface area contributed by atoms with Gasteiger partial charge in [0, 0.05) is 37.3 Å². The average molecular weight is 350 g/mol. The molecule has 0 bridgehead atoms. The smallest absolute Gasteiger partial charge is 0.273 e. The molecule has 1 amide bonds. The van der Waals surface area contributed by atoms with Crippen molar-refractivity contribution >= 4 is 23.1 Å². The van der Waals surface area contributed by atoms with Crippen molar-refractivity contribution in [2.75, 3.05) is 25.0 Å². The van der Waals surface area contributed by atoms with Crippen LogP contribution >= 0.6 is 11.3 Å². The molecule has 0 unspecified atom stereocenters. The molecule has 0 saturated carbocycles. The number of hydrogen-bond acceptors (Lipinski definition) is 5. The maximum absolute atomic E-state index is 12.7. The van der Waals surface area contributed by atoms with Gasteiger partial charge in [-0.15, -0.1) is 11.3 Å². The van der Waals surface area contributed by atoms with Gasteiger partial charge in [0.1, 0.15) is 16.5 Å². The molecule has 0 radical (unpaired) electrons. The van der Waals surface area contributed by atoms with Gasteiger partial charge in [-0.2, -0.15) is 0 Å². The number of thiazole rings is 1. The van der Waals surface area contributed by atoms with Crippen molar-refractivity contribution < 1.29 is 4.79 Å². The molecule has 1 fully saturated rings. The summed E-state index contributed by atoms with van der Waals surface area (Å²) < 4.78 is 0. The molecule has 126 valence electrons. The molecule has 3 aromatic rings. The van der Waals surface area contributed by atoms with E-state index in [-0.39, 0.29) is 11.9 Å². The number of amides is 1. The number of anilines is 1. The fourth-order valence-corrected chi connectivity index (χ4v) is 3.66. The molecule has 0 atom stereocenters. The van der Waals surface area contributed by atoms with E-state index < -0.39 is 0 Å². The van der Waals surface area contributed by atoms with Crippen molar-refractivity contribution in [3.63, 3.8) is 0 Å². The zero-order valence-electron chi connectivity index (χ0n) is 13.9. The molecule has 2 aromatic heterocycles. The summed E-state index contributed by atoms with van der Waals surface area (Å²) >= 11 is 1.50. The van der Waals surface area contributed by atoms with Gasteiger partial charge in [0.15, 0.2) is 0 Å². The number of pyridine rings is 1. The fourth-order valence-electron chi connectivity index (χ4n) is 2.86. The van der Waals surface area contributed by atoms with Crippen molar-refractivity contribution in [3.05, 3.63) is 65.8 Å². The molecule has 4 rings (SSSR count).